The third-order valence-electron chi connectivity index (χ3n) is 3.75. The smallest absolute Gasteiger partial charge is 0.214 e. The molecule has 0 aliphatic carbocycles. The van der Waals surface area contributed by atoms with Gasteiger partial charge in [0, 0.05) is 42.6 Å². The van der Waals surface area contributed by atoms with Gasteiger partial charge >= 0.3 is 0 Å². The first-order chi connectivity index (χ1) is 14.8. The van der Waals surface area contributed by atoms with Crippen LogP contribution < -0.4 is 0 Å². The van der Waals surface area contributed by atoms with E-state index in [0.29, 0.717) is 11.1 Å². The lowest BCUT2D eigenvalue weighted by Gasteiger charge is -2.06. The van der Waals surface area contributed by atoms with Crippen molar-refractivity contribution in [2.75, 3.05) is 23.0 Å². The molecule has 2 rings (SSSR count). The van der Waals surface area contributed by atoms with Crippen LogP contribution >= 0.6 is 58.8 Å². The Kier molecular flexibility index (Phi) is 12.0. The summed E-state index contributed by atoms with van der Waals surface area (Å²) in [6.07, 6.45) is 0. The second-order valence-electron chi connectivity index (χ2n) is 6.57. The summed E-state index contributed by atoms with van der Waals surface area (Å²) >= 11 is 7.93. The molecule has 0 bridgehead atoms. The molecule has 0 fully saturated rings. The number of hydrogen-bond acceptors (Lipinski definition) is 7. The number of carbonyl (C=O) groups is 2. The summed E-state index contributed by atoms with van der Waals surface area (Å²) in [5, 5.41) is 0.155. The minimum atomic E-state index is 0.0773. The maximum atomic E-state index is 11.5. The highest BCUT2D eigenvalue weighted by Gasteiger charge is 2.05. The number of hydrogen-bond donors (Lipinski definition) is 0. The quantitative estimate of drug-likeness (QED) is 0.166. The van der Waals surface area contributed by atoms with Crippen molar-refractivity contribution in [2.24, 2.45) is 0 Å². The van der Waals surface area contributed by atoms with Crippen LogP contribution in [0.25, 0.3) is 0 Å². The molecular weight excluding hydrogens is 481 g/mol. The van der Waals surface area contributed by atoms with E-state index in [-0.39, 0.29) is 10.2 Å². The highest BCUT2D eigenvalue weighted by molar-refractivity contribution is 8.15. The zero-order valence-electron chi connectivity index (χ0n) is 17.7. The Labute approximate surface area is 206 Å². The summed E-state index contributed by atoms with van der Waals surface area (Å²) in [7, 11) is 0. The third-order valence-corrected chi connectivity index (χ3v) is 9.35. The lowest BCUT2D eigenvalue weighted by molar-refractivity contribution is -0.108. The Hall–Kier alpha value is -0.990. The minimum Gasteiger partial charge on any atom is -0.282 e. The summed E-state index contributed by atoms with van der Waals surface area (Å²) in [5.41, 5.74) is 1.22. The van der Waals surface area contributed by atoms with Gasteiger partial charge in [-0.1, -0.05) is 48.4 Å². The second kappa shape index (κ2) is 14.2. The van der Waals surface area contributed by atoms with E-state index in [1.807, 2.05) is 0 Å². The molecule has 0 N–H and O–H groups in total. The third kappa shape index (κ3) is 10.4. The number of carbonyl (C=O) groups excluding carboxylic acids is 2. The lowest BCUT2D eigenvalue weighted by Crippen LogP contribution is -1.95. The van der Waals surface area contributed by atoms with Crippen LogP contribution in [0.4, 0.5) is 0 Å². The number of benzene rings is 2. The van der Waals surface area contributed by atoms with Gasteiger partial charge in [-0.3, -0.25) is 9.59 Å². The Morgan fingerprint density at radius 1 is 0.613 bits per heavy atom. The largest absolute Gasteiger partial charge is 0.282 e. The van der Waals surface area contributed by atoms with Gasteiger partial charge in [-0.25, -0.2) is 0 Å². The van der Waals surface area contributed by atoms with Gasteiger partial charge in [-0.2, -0.15) is 0 Å². The van der Waals surface area contributed by atoms with Gasteiger partial charge in [-0.15, -0.1) is 23.5 Å². The molecule has 0 radical (unpaired) electrons. The summed E-state index contributed by atoms with van der Waals surface area (Å²) in [6, 6.07) is 17.1. The van der Waals surface area contributed by atoms with Crippen molar-refractivity contribution in [3.63, 3.8) is 0 Å². The molecule has 2 aromatic carbocycles. The maximum Gasteiger partial charge on any atom is 0.214 e. The van der Waals surface area contributed by atoms with Gasteiger partial charge in [0.05, 0.1) is 0 Å². The van der Waals surface area contributed by atoms with Crippen LogP contribution in [0.3, 0.4) is 0 Å². The van der Waals surface area contributed by atoms with Gasteiger partial charge in [0.1, 0.15) is 0 Å². The molecule has 7 heteroatoms. The first-order valence-corrected chi connectivity index (χ1v) is 14.4. The zero-order chi connectivity index (χ0) is 22.6. The van der Waals surface area contributed by atoms with Gasteiger partial charge in [0.2, 0.25) is 10.2 Å². The topological polar surface area (TPSA) is 34.1 Å². The number of rotatable bonds is 12. The predicted octanol–water partition coefficient (Wildman–Crippen LogP) is 7.69. The monoisotopic (exact) mass is 506 g/mol. The lowest BCUT2D eigenvalue weighted by atomic mass is 10.4. The van der Waals surface area contributed by atoms with Crippen molar-refractivity contribution in [1.29, 1.82) is 0 Å². The Balaban J connectivity index is 1.72. The van der Waals surface area contributed by atoms with E-state index in [9.17, 15) is 9.59 Å². The summed E-state index contributed by atoms with van der Waals surface area (Å²) in [6.45, 7) is 10.8. The van der Waals surface area contributed by atoms with E-state index in [2.05, 4.69) is 61.7 Å². The first kappa shape index (κ1) is 26.3. The SMILES string of the molecule is C=C(C)C(=O)SCCSc1ccc(Sc2ccc(SCCSC(=O)C(=C)C)cc2)cc1. The van der Waals surface area contributed by atoms with Crippen molar-refractivity contribution in [3.8, 4) is 0 Å². The molecule has 0 unspecified atom stereocenters. The molecule has 0 heterocycles. The van der Waals surface area contributed by atoms with E-state index in [0.717, 1.165) is 23.0 Å². The van der Waals surface area contributed by atoms with Gasteiger partial charge in [0.25, 0.3) is 0 Å². The molecule has 0 amide bonds. The highest BCUT2D eigenvalue weighted by atomic mass is 32.2. The maximum absolute atomic E-state index is 11.5. The second-order valence-corrected chi connectivity index (χ2v) is 12.2. The molecule has 2 nitrogen and oxygen atoms in total. The van der Waals surface area contributed by atoms with Gasteiger partial charge in [-0.05, 0) is 73.5 Å². The molecule has 0 saturated heterocycles. The number of thioether (sulfide) groups is 4. The first-order valence-electron chi connectivity index (χ1n) is 9.64. The fourth-order valence-electron chi connectivity index (χ4n) is 2.18. The standard InChI is InChI=1S/C24H26O2S5/c1-17(2)23(25)29-15-13-27-19-5-9-21(10-6-19)31-22-11-7-20(8-12-22)28-14-16-30-24(26)18(3)4/h5-12H,1,3,13-16H2,2,4H3. The Bertz CT molecular complexity index is 829. The average molecular weight is 507 g/mol. The Morgan fingerprint density at radius 3 is 1.26 bits per heavy atom. The van der Waals surface area contributed by atoms with Gasteiger partial charge in [0.15, 0.2) is 0 Å². The summed E-state index contributed by atoms with van der Waals surface area (Å²) < 4.78 is 0. The molecule has 0 aliphatic rings. The molecular formula is C24H26O2S5. The van der Waals surface area contributed by atoms with Crippen LogP contribution in [0.1, 0.15) is 13.8 Å². The van der Waals surface area contributed by atoms with E-state index < -0.39 is 0 Å². The zero-order valence-corrected chi connectivity index (χ0v) is 21.8. The molecule has 0 aliphatic heterocycles. The Morgan fingerprint density at radius 2 is 0.935 bits per heavy atom. The molecule has 31 heavy (non-hydrogen) atoms. The molecule has 0 saturated carbocycles. The highest BCUT2D eigenvalue weighted by Crippen LogP contribution is 2.31. The van der Waals surface area contributed by atoms with E-state index in [1.54, 1.807) is 49.1 Å². The fraction of sp³-hybridized carbons (Fsp3) is 0.250. The molecule has 2 aromatic rings. The van der Waals surface area contributed by atoms with Crippen molar-refractivity contribution in [2.45, 2.75) is 33.4 Å². The average Bonchev–Trinajstić information content (AvgIpc) is 2.76. The molecule has 0 atom stereocenters. The van der Waals surface area contributed by atoms with Crippen molar-refractivity contribution in [1.82, 2.24) is 0 Å². The summed E-state index contributed by atoms with van der Waals surface area (Å²) in [4.78, 5) is 27.9. The van der Waals surface area contributed by atoms with Gasteiger partial charge < -0.3 is 0 Å². The van der Waals surface area contributed by atoms with Crippen molar-refractivity contribution in [3.05, 3.63) is 72.8 Å². The van der Waals surface area contributed by atoms with Crippen molar-refractivity contribution < 1.29 is 9.59 Å². The van der Waals surface area contributed by atoms with Crippen LogP contribution in [0.2, 0.25) is 0 Å². The van der Waals surface area contributed by atoms with Crippen molar-refractivity contribution >= 4 is 69.0 Å². The fourth-order valence-corrected chi connectivity index (χ4v) is 6.32. The normalized spacial score (nSPS) is 10.6. The van der Waals surface area contributed by atoms with Crippen LogP contribution in [0.15, 0.2) is 92.4 Å². The van der Waals surface area contributed by atoms with Crippen LogP contribution in [0.5, 0.6) is 0 Å². The molecule has 0 spiro atoms. The van der Waals surface area contributed by atoms with Crippen LogP contribution in [-0.4, -0.2) is 33.2 Å². The van der Waals surface area contributed by atoms with Crippen LogP contribution in [-0.2, 0) is 9.59 Å². The summed E-state index contributed by atoms with van der Waals surface area (Å²) in [5.74, 6) is 3.38. The molecule has 0 aromatic heterocycles. The van der Waals surface area contributed by atoms with E-state index in [4.69, 9.17) is 0 Å². The molecule has 164 valence electrons. The predicted molar refractivity (Wildman–Crippen MR) is 143 cm³/mol. The van der Waals surface area contributed by atoms with E-state index >= 15 is 0 Å². The van der Waals surface area contributed by atoms with E-state index in [1.165, 1.54) is 43.1 Å². The van der Waals surface area contributed by atoms with Crippen LogP contribution in [0, 0.1) is 0 Å². The minimum absolute atomic E-state index is 0.0773.